The standard InChI is InChI=1S/C87H103Cl2N11O28/c1-35(2)19-52(92-8)79(114)100-67-69(107)43-13-17-56(49(88)22-43)122-58-24-45-25-59(76(58)127-86-74(112)72(110)77(61(33-101)125-86)128-85-73(111)71(109)70(108)60(124-85)32-93-30-40-10-15-51(94-31-40)42-11-9-36(3)37(4)20-42)123-57-18-14-44(23-50(57)89)75(126-63-29-87(7,91)78(113)39(6)121-63)68(95-34-102)83(118)99-66(84(119)120)48-26-46(103)27-55(105)64(48)47-21-41(12-16-54(47)104)38(5)96-81(116)65(45)98-80(115)53(28-62(90)106)97-82(67)117/h9-18,20-27,31,34-35,38-39,52-53,60-61,63,65-75,77-78,85-86,92-93,101,103-105,107-113H,19,28-30,32-33,91H2,1-8H3,(H2,90,106)(H,95,102)(H,96,116)(H,97,117)(H,98,115)(H,99,118)(H,100,114)(H,119,120)/t38-,39-,52+,53-,60+,61+,63-,65+,66?,67?,68-,69+,70-,71-,72+,73+,74+,75+,77+,78-,85-,86-,87-/m0/s1. The molecule has 7 aliphatic heterocycles. The van der Waals surface area contributed by atoms with Crippen LogP contribution in [-0.4, -0.2) is 244 Å². The molecule has 7 aliphatic rings. The van der Waals surface area contributed by atoms with Gasteiger partial charge in [0.25, 0.3) is 0 Å². The smallest absolute Gasteiger partial charge is 0.330 e. The van der Waals surface area contributed by atoms with Crippen molar-refractivity contribution in [3.05, 3.63) is 170 Å². The summed E-state index contributed by atoms with van der Waals surface area (Å²) >= 11 is 14.5. The lowest BCUT2D eigenvalue weighted by Gasteiger charge is -2.46. The van der Waals surface area contributed by atoms with Gasteiger partial charge in [0, 0.05) is 59.6 Å². The van der Waals surface area contributed by atoms with Crippen LogP contribution in [0.5, 0.6) is 46.0 Å². The second kappa shape index (κ2) is 40.7. The molecule has 7 amide bonds. The van der Waals surface area contributed by atoms with Gasteiger partial charge < -0.3 is 153 Å². The largest absolute Gasteiger partial charge is 0.508 e. The Morgan fingerprint density at radius 2 is 1.34 bits per heavy atom. The molecule has 6 aromatic carbocycles. The van der Waals surface area contributed by atoms with Crippen LogP contribution in [-0.2, 0) is 68.6 Å². The Bertz CT molecular complexity index is 5270. The number of hydrogen-bond acceptors (Lipinski definition) is 31. The number of nitrogens with one attached hydrogen (secondary N) is 8. The molecule has 39 nitrogen and oxygen atoms in total. The molecule has 1 aromatic heterocycles. The number of nitrogens with two attached hydrogens (primary N) is 2. The number of carboxylic acid groups (broad SMARTS) is 1. The molecule has 41 heteroatoms. The molecule has 24 N–H and O–H groups in total. The van der Waals surface area contributed by atoms with Crippen molar-refractivity contribution < 1.29 is 138 Å². The molecule has 0 radical (unpaired) electrons. The number of carboxylic acids is 1. The molecule has 9 bridgehead atoms. The molecule has 688 valence electrons. The number of aliphatic hydroxyl groups is 8. The van der Waals surface area contributed by atoms with Gasteiger partial charge >= 0.3 is 5.97 Å². The van der Waals surface area contributed by atoms with E-state index in [9.17, 15) is 85.3 Å². The van der Waals surface area contributed by atoms with E-state index in [0.29, 0.717) is 11.3 Å². The van der Waals surface area contributed by atoms with E-state index < -0.39 is 267 Å². The zero-order valence-corrected chi connectivity index (χ0v) is 71.8. The highest BCUT2D eigenvalue weighted by Gasteiger charge is 2.53. The van der Waals surface area contributed by atoms with Crippen LogP contribution in [0.1, 0.15) is 129 Å². The van der Waals surface area contributed by atoms with Crippen molar-refractivity contribution in [1.82, 2.24) is 47.5 Å². The number of amides is 7. The number of aliphatic carboxylic acids is 1. The average molecular weight is 1820 g/mol. The number of aliphatic hydroxyl groups excluding tert-OH is 8. The van der Waals surface area contributed by atoms with Crippen LogP contribution in [0.15, 0.2) is 115 Å². The summed E-state index contributed by atoms with van der Waals surface area (Å²) in [5.41, 5.74) is 13.1. The second-order valence-electron chi connectivity index (χ2n) is 32.9. The molecule has 0 aliphatic carbocycles. The Morgan fingerprint density at radius 1 is 0.688 bits per heavy atom. The van der Waals surface area contributed by atoms with Gasteiger partial charge in [-0.05, 0) is 160 Å². The number of phenolic OH excluding ortho intramolecular Hbond substituents is 3. The van der Waals surface area contributed by atoms with Gasteiger partial charge in [-0.2, -0.15) is 0 Å². The van der Waals surface area contributed by atoms with Gasteiger partial charge in [-0.15, -0.1) is 0 Å². The number of aromatic hydroxyl groups is 3. The van der Waals surface area contributed by atoms with Gasteiger partial charge in [0.1, 0.15) is 114 Å². The van der Waals surface area contributed by atoms with Crippen molar-refractivity contribution in [2.45, 2.75) is 214 Å². The topological polar surface area (TPSA) is 614 Å². The number of nitrogens with zero attached hydrogens (tertiary/aromatic N) is 1. The first-order valence-electron chi connectivity index (χ1n) is 40.9. The minimum Gasteiger partial charge on any atom is -0.508 e. The molecule has 7 aromatic rings. The first kappa shape index (κ1) is 96.1. The summed E-state index contributed by atoms with van der Waals surface area (Å²) in [6.45, 7) is 10.8. The predicted molar refractivity (Wildman–Crippen MR) is 452 cm³/mol. The number of carbonyl (C=O) groups excluding carboxylic acids is 7. The van der Waals surface area contributed by atoms with Gasteiger partial charge in [-0.25, -0.2) is 4.79 Å². The van der Waals surface area contributed by atoms with Crippen LogP contribution in [0.25, 0.3) is 22.4 Å². The van der Waals surface area contributed by atoms with Gasteiger partial charge in [0.05, 0.1) is 53.1 Å². The number of carbonyl (C=O) groups is 8. The molecule has 2 unspecified atom stereocenters. The van der Waals surface area contributed by atoms with Crippen LogP contribution in [0.2, 0.25) is 10.0 Å². The van der Waals surface area contributed by atoms with Crippen molar-refractivity contribution in [3.8, 4) is 68.4 Å². The van der Waals surface area contributed by atoms with Gasteiger partial charge in [-0.3, -0.25) is 38.5 Å². The number of benzene rings is 6. The molecule has 8 heterocycles. The van der Waals surface area contributed by atoms with Crippen molar-refractivity contribution in [3.63, 3.8) is 0 Å². The fraction of sp³-hybridized carbons (Fsp3) is 0.437. The number of aryl methyl sites for hydroxylation is 2. The Labute approximate surface area is 742 Å². The van der Waals surface area contributed by atoms with E-state index in [-0.39, 0.29) is 60.7 Å². The number of pyridine rings is 1. The maximum atomic E-state index is 16.0. The number of halogens is 2. The highest BCUT2D eigenvalue weighted by atomic mass is 35.5. The fourth-order valence-corrected chi connectivity index (χ4v) is 16.2. The van der Waals surface area contributed by atoms with Gasteiger partial charge in [-0.1, -0.05) is 73.4 Å². The summed E-state index contributed by atoms with van der Waals surface area (Å²) in [6, 6.07) is 10.7. The van der Waals surface area contributed by atoms with Gasteiger partial charge in [0.15, 0.2) is 30.1 Å². The number of primary amides is 1. The van der Waals surface area contributed by atoms with Crippen LogP contribution < -0.4 is 68.2 Å². The molecule has 14 rings (SSSR count). The third-order valence-electron chi connectivity index (χ3n) is 22.9. The van der Waals surface area contributed by atoms with Crippen molar-refractivity contribution in [2.24, 2.45) is 17.4 Å². The SMILES string of the molecule is CN[C@H](CC(C)C)C(=O)NC1C(=O)N[C@@H](CC(N)=O)C(=O)N[C@H]2C(=O)N[C@@H](C)c3ccc(O)c(c3)-c3c(O)cc(O)cc3C(C(=O)O)NC(=O)[C@@H](NC=O)[C@H](O[C@H]3C[C@](C)(N)[C@@H](O)[C@H](C)O3)c3ccc(c(Cl)c3)Oc3cc2cc(c3O[C@@H]2O[C@H](CO)[C@@H](O[C@@H]3O[C@H](CNCc4ccc(-c5ccc(C)c(C)c5)nc4)[C@H](O)[C@H](O)[C@H]3O)[C@H](O)[C@H]2O)Oc2ccc(cc2Cl)[C@H]1O. The lowest BCUT2D eigenvalue weighted by atomic mass is 9.86. The second-order valence-corrected chi connectivity index (χ2v) is 33.7. The zero-order valence-electron chi connectivity index (χ0n) is 70.3. The molecule has 0 spiro atoms. The predicted octanol–water partition coefficient (Wildman–Crippen LogP) is 2.04. The minimum atomic E-state index is -2.36. The summed E-state index contributed by atoms with van der Waals surface area (Å²) < 4.78 is 51.2. The number of rotatable bonds is 22. The van der Waals surface area contributed by atoms with Gasteiger partial charge in [0.2, 0.25) is 53.9 Å². The van der Waals surface area contributed by atoms with Crippen LogP contribution in [0.4, 0.5) is 0 Å². The maximum Gasteiger partial charge on any atom is 0.330 e. The summed E-state index contributed by atoms with van der Waals surface area (Å²) in [5.74, 6) is -14.5. The van der Waals surface area contributed by atoms with E-state index in [1.807, 2.05) is 58.0 Å². The lowest BCUT2D eigenvalue weighted by molar-refractivity contribution is -0.350. The number of likely N-dealkylation sites (N-methyl/N-ethyl adjacent to an activating group) is 1. The van der Waals surface area contributed by atoms with Crippen LogP contribution in [0.3, 0.4) is 0 Å². The van der Waals surface area contributed by atoms with E-state index in [2.05, 4.69) is 47.5 Å². The number of phenols is 3. The monoisotopic (exact) mass is 1820 g/mol. The summed E-state index contributed by atoms with van der Waals surface area (Å²) in [4.78, 5) is 121. The number of ether oxygens (including phenoxy) is 8. The first-order chi connectivity index (χ1) is 60.6. The number of hydrogen-bond donors (Lipinski definition) is 22. The Balaban J connectivity index is 1.01. The van der Waals surface area contributed by atoms with E-state index in [1.165, 1.54) is 58.2 Å². The van der Waals surface area contributed by atoms with E-state index in [0.717, 1.165) is 65.2 Å². The molecule has 3 fully saturated rings. The molecule has 128 heavy (non-hydrogen) atoms. The summed E-state index contributed by atoms with van der Waals surface area (Å²) in [6.07, 6.45) is -27.0. The highest BCUT2D eigenvalue weighted by molar-refractivity contribution is 6.32. The van der Waals surface area contributed by atoms with Crippen molar-refractivity contribution >= 4 is 71.0 Å². The third kappa shape index (κ3) is 21.6. The van der Waals surface area contributed by atoms with E-state index >= 15 is 14.4 Å². The quantitative estimate of drug-likeness (QED) is 0.0432. The minimum absolute atomic E-state index is 0.00282. The van der Waals surface area contributed by atoms with Crippen LogP contribution in [0, 0.1) is 19.8 Å². The van der Waals surface area contributed by atoms with E-state index in [4.69, 9.17) is 72.6 Å². The van der Waals surface area contributed by atoms with Crippen molar-refractivity contribution in [2.75, 3.05) is 20.2 Å². The van der Waals surface area contributed by atoms with Crippen LogP contribution >= 0.6 is 23.2 Å². The number of aromatic nitrogens is 1. The van der Waals surface area contributed by atoms with Crippen molar-refractivity contribution in [1.29, 1.82) is 0 Å². The zero-order chi connectivity index (χ0) is 92.9. The summed E-state index contributed by atoms with van der Waals surface area (Å²) in [7, 11) is 1.48. The Hall–Kier alpha value is -11.0. The molecular formula is C87H103Cl2N11O28. The Morgan fingerprint density at radius 3 is 1.96 bits per heavy atom. The lowest BCUT2D eigenvalue weighted by Crippen LogP contribution is -2.65. The third-order valence-corrected chi connectivity index (χ3v) is 23.5. The average Bonchev–Trinajstić information content (AvgIpc) is 0.779. The first-order valence-corrected chi connectivity index (χ1v) is 41.7. The molecular weight excluding hydrogens is 1720 g/mol. The molecule has 0 saturated carbocycles. The highest BCUT2D eigenvalue weighted by Crippen LogP contribution is 2.50. The fourth-order valence-electron chi connectivity index (χ4n) is 15.8. The number of fused-ring (bicyclic) bond motifs is 16. The maximum absolute atomic E-state index is 16.0. The van der Waals surface area contributed by atoms with E-state index in [1.54, 1.807) is 6.20 Å². The molecule has 23 atom stereocenters. The Kier molecular flexibility index (Phi) is 30.6. The normalized spacial score (nSPS) is 29.0. The molecule has 3 saturated heterocycles. The summed E-state index contributed by atoms with van der Waals surface area (Å²) in [5, 5.41) is 160.